The van der Waals surface area contributed by atoms with Gasteiger partial charge in [0.25, 0.3) is 0 Å². The summed E-state index contributed by atoms with van der Waals surface area (Å²) < 4.78 is 5.33. The van der Waals surface area contributed by atoms with Gasteiger partial charge in [-0.1, -0.05) is 31.1 Å². The van der Waals surface area contributed by atoms with Crippen molar-refractivity contribution in [3.05, 3.63) is 41.8 Å². The van der Waals surface area contributed by atoms with Gasteiger partial charge in [-0.15, -0.1) is 0 Å². The van der Waals surface area contributed by atoms with Crippen LogP contribution in [-0.4, -0.2) is 20.1 Å². The van der Waals surface area contributed by atoms with Crippen molar-refractivity contribution in [1.29, 1.82) is 0 Å². The molecule has 3 aromatic rings. The maximum atomic E-state index is 6.27. The number of nitrogens with zero attached hydrogens (tertiary/aromatic N) is 3. The van der Waals surface area contributed by atoms with Gasteiger partial charge in [0.15, 0.2) is 5.82 Å². The molecule has 0 amide bonds. The molecule has 0 aliphatic rings. The standard InChI is InChI=1S/C15H19N5O/c1-3-15(16,4-2)14-19-13(20-21-14)9-12-17-10-7-5-6-8-11(10)18-12/h5-8H,3-4,9,16H2,1-2H3,(H,17,18). The van der Waals surface area contributed by atoms with Crippen LogP contribution in [0.2, 0.25) is 0 Å². The molecule has 1 aromatic carbocycles. The van der Waals surface area contributed by atoms with Crippen LogP contribution in [0, 0.1) is 0 Å². The molecule has 0 atom stereocenters. The van der Waals surface area contributed by atoms with Crippen LogP contribution in [0.3, 0.4) is 0 Å². The van der Waals surface area contributed by atoms with E-state index in [0.29, 0.717) is 18.1 Å². The Morgan fingerprint density at radius 1 is 1.19 bits per heavy atom. The quantitative estimate of drug-likeness (QED) is 0.751. The van der Waals surface area contributed by atoms with Crippen molar-refractivity contribution in [3.8, 4) is 0 Å². The molecule has 0 aliphatic carbocycles. The van der Waals surface area contributed by atoms with Crippen LogP contribution in [0.15, 0.2) is 28.8 Å². The summed E-state index contributed by atoms with van der Waals surface area (Å²) in [6.07, 6.45) is 2.02. The highest BCUT2D eigenvalue weighted by Crippen LogP contribution is 2.24. The fraction of sp³-hybridized carbons (Fsp3) is 0.400. The number of imidazole rings is 1. The van der Waals surface area contributed by atoms with Gasteiger partial charge in [0, 0.05) is 0 Å². The lowest BCUT2D eigenvalue weighted by Gasteiger charge is -2.20. The van der Waals surface area contributed by atoms with E-state index < -0.39 is 5.54 Å². The van der Waals surface area contributed by atoms with E-state index in [1.54, 1.807) is 0 Å². The fourth-order valence-electron chi connectivity index (χ4n) is 2.32. The van der Waals surface area contributed by atoms with E-state index in [2.05, 4.69) is 20.1 Å². The van der Waals surface area contributed by atoms with Crippen LogP contribution >= 0.6 is 0 Å². The van der Waals surface area contributed by atoms with Crippen molar-refractivity contribution in [2.45, 2.75) is 38.6 Å². The van der Waals surface area contributed by atoms with Gasteiger partial charge in [-0.05, 0) is 25.0 Å². The molecule has 6 nitrogen and oxygen atoms in total. The zero-order valence-corrected chi connectivity index (χ0v) is 12.3. The van der Waals surface area contributed by atoms with E-state index in [1.165, 1.54) is 0 Å². The molecule has 0 unspecified atom stereocenters. The monoisotopic (exact) mass is 285 g/mol. The molecule has 3 N–H and O–H groups in total. The molecular weight excluding hydrogens is 266 g/mol. The Bertz CT molecular complexity index is 708. The van der Waals surface area contributed by atoms with Gasteiger partial charge in [0.05, 0.1) is 23.0 Å². The average molecular weight is 285 g/mol. The van der Waals surface area contributed by atoms with Crippen LogP contribution in [0.25, 0.3) is 11.0 Å². The lowest BCUT2D eigenvalue weighted by Crippen LogP contribution is -2.35. The Kier molecular flexibility index (Phi) is 3.47. The summed E-state index contributed by atoms with van der Waals surface area (Å²) in [4.78, 5) is 12.2. The lowest BCUT2D eigenvalue weighted by atomic mass is 9.94. The zero-order chi connectivity index (χ0) is 14.9. The molecule has 0 saturated carbocycles. The minimum atomic E-state index is -0.543. The highest BCUT2D eigenvalue weighted by molar-refractivity contribution is 5.74. The molecule has 2 heterocycles. The molecule has 0 spiro atoms. The van der Waals surface area contributed by atoms with Gasteiger partial charge in [-0.3, -0.25) is 0 Å². The Balaban J connectivity index is 1.84. The second-order valence-electron chi connectivity index (χ2n) is 5.26. The van der Waals surface area contributed by atoms with Crippen molar-refractivity contribution in [2.75, 3.05) is 0 Å². The number of hydrogen-bond acceptors (Lipinski definition) is 5. The van der Waals surface area contributed by atoms with Crippen LogP contribution in [-0.2, 0) is 12.0 Å². The number of para-hydroxylation sites is 2. The van der Waals surface area contributed by atoms with Crippen LogP contribution in [0.5, 0.6) is 0 Å². The van der Waals surface area contributed by atoms with E-state index in [1.807, 2.05) is 38.1 Å². The number of fused-ring (bicyclic) bond motifs is 1. The largest absolute Gasteiger partial charge is 0.342 e. The number of H-pyrrole nitrogens is 1. The van der Waals surface area contributed by atoms with Crippen LogP contribution < -0.4 is 5.73 Å². The first-order chi connectivity index (χ1) is 10.1. The van der Waals surface area contributed by atoms with Crippen molar-refractivity contribution in [2.24, 2.45) is 5.73 Å². The third kappa shape index (κ3) is 2.54. The lowest BCUT2D eigenvalue weighted by molar-refractivity contribution is 0.267. The first-order valence-corrected chi connectivity index (χ1v) is 7.20. The molecule has 110 valence electrons. The molecule has 21 heavy (non-hydrogen) atoms. The normalized spacial score (nSPS) is 12.1. The Labute approximate surface area is 122 Å². The molecular formula is C15H19N5O. The molecule has 0 aliphatic heterocycles. The zero-order valence-electron chi connectivity index (χ0n) is 12.3. The maximum Gasteiger partial charge on any atom is 0.246 e. The highest BCUT2D eigenvalue weighted by atomic mass is 16.5. The molecule has 6 heteroatoms. The number of rotatable bonds is 5. The maximum absolute atomic E-state index is 6.27. The van der Waals surface area contributed by atoms with Crippen LogP contribution in [0.1, 0.15) is 44.2 Å². The van der Waals surface area contributed by atoms with Crippen molar-refractivity contribution >= 4 is 11.0 Å². The van der Waals surface area contributed by atoms with Gasteiger partial charge < -0.3 is 15.2 Å². The van der Waals surface area contributed by atoms with E-state index in [-0.39, 0.29) is 0 Å². The van der Waals surface area contributed by atoms with Gasteiger partial charge >= 0.3 is 0 Å². The van der Waals surface area contributed by atoms with Gasteiger partial charge in [0.2, 0.25) is 5.89 Å². The summed E-state index contributed by atoms with van der Waals surface area (Å²) in [5.41, 5.74) is 7.67. The van der Waals surface area contributed by atoms with E-state index in [9.17, 15) is 0 Å². The second kappa shape index (κ2) is 5.29. The molecule has 0 radical (unpaired) electrons. The predicted octanol–water partition coefficient (Wildman–Crippen LogP) is 2.51. The second-order valence-corrected chi connectivity index (χ2v) is 5.26. The Morgan fingerprint density at radius 2 is 1.95 bits per heavy atom. The first kappa shape index (κ1) is 13.8. The first-order valence-electron chi connectivity index (χ1n) is 7.20. The Morgan fingerprint density at radius 3 is 2.67 bits per heavy atom. The minimum absolute atomic E-state index is 0.499. The number of aromatic nitrogens is 4. The highest BCUT2D eigenvalue weighted by Gasteiger charge is 2.29. The van der Waals surface area contributed by atoms with Gasteiger partial charge in [-0.25, -0.2) is 4.98 Å². The van der Waals surface area contributed by atoms with Crippen LogP contribution in [0.4, 0.5) is 0 Å². The minimum Gasteiger partial charge on any atom is -0.342 e. The average Bonchev–Trinajstić information content (AvgIpc) is 3.13. The van der Waals surface area contributed by atoms with E-state index >= 15 is 0 Å². The summed E-state index contributed by atoms with van der Waals surface area (Å²) in [5.74, 6) is 1.92. The summed E-state index contributed by atoms with van der Waals surface area (Å²) >= 11 is 0. The molecule has 0 bridgehead atoms. The molecule has 0 fully saturated rings. The van der Waals surface area contributed by atoms with Gasteiger partial charge in [-0.2, -0.15) is 4.98 Å². The summed E-state index contributed by atoms with van der Waals surface area (Å²) in [5, 5.41) is 4.02. The SMILES string of the molecule is CCC(N)(CC)c1nc(Cc2nc3ccccc3[nH]2)no1. The molecule has 3 rings (SSSR count). The van der Waals surface area contributed by atoms with E-state index in [4.69, 9.17) is 10.3 Å². The van der Waals surface area contributed by atoms with Crippen molar-refractivity contribution < 1.29 is 4.52 Å². The number of nitrogens with one attached hydrogen (secondary N) is 1. The number of hydrogen-bond donors (Lipinski definition) is 2. The topological polar surface area (TPSA) is 93.6 Å². The summed E-state index contributed by atoms with van der Waals surface area (Å²) in [6.45, 7) is 4.04. The smallest absolute Gasteiger partial charge is 0.246 e. The summed E-state index contributed by atoms with van der Waals surface area (Å²) in [7, 11) is 0. The number of nitrogens with two attached hydrogens (primary N) is 1. The number of benzene rings is 1. The third-order valence-electron chi connectivity index (χ3n) is 3.92. The van der Waals surface area contributed by atoms with E-state index in [0.717, 1.165) is 29.7 Å². The Hall–Kier alpha value is -2.21. The fourth-order valence-corrected chi connectivity index (χ4v) is 2.32. The molecule has 2 aromatic heterocycles. The van der Waals surface area contributed by atoms with Crippen molar-refractivity contribution in [3.63, 3.8) is 0 Å². The predicted molar refractivity (Wildman–Crippen MR) is 79.6 cm³/mol. The molecule has 0 saturated heterocycles. The van der Waals surface area contributed by atoms with Crippen molar-refractivity contribution in [1.82, 2.24) is 20.1 Å². The number of aromatic amines is 1. The summed E-state index contributed by atoms with van der Waals surface area (Å²) in [6, 6.07) is 7.90. The van der Waals surface area contributed by atoms with Gasteiger partial charge in [0.1, 0.15) is 5.82 Å². The third-order valence-corrected chi connectivity index (χ3v) is 3.92.